The Balaban J connectivity index is 1.93. The zero-order valence-corrected chi connectivity index (χ0v) is 9.97. The maximum Gasteiger partial charge on any atom is 0.190 e. The molecule has 0 bridgehead atoms. The van der Waals surface area contributed by atoms with E-state index in [2.05, 4.69) is 15.4 Å². The second kappa shape index (κ2) is 4.70. The third-order valence-electron chi connectivity index (χ3n) is 3.14. The molecule has 94 valence electrons. The summed E-state index contributed by atoms with van der Waals surface area (Å²) in [7, 11) is 0. The van der Waals surface area contributed by atoms with Gasteiger partial charge in [0.05, 0.1) is 6.20 Å². The van der Waals surface area contributed by atoms with Gasteiger partial charge in [0.1, 0.15) is 11.4 Å². The highest BCUT2D eigenvalue weighted by Gasteiger charge is 2.18. The minimum atomic E-state index is 0.252. The quantitative estimate of drug-likeness (QED) is 0.838. The lowest BCUT2D eigenvalue weighted by Gasteiger charge is -2.28. The summed E-state index contributed by atoms with van der Waals surface area (Å²) in [4.78, 5) is 2.26. The summed E-state index contributed by atoms with van der Waals surface area (Å²) in [5.74, 6) is 1.01. The molecule has 0 aliphatic carbocycles. The summed E-state index contributed by atoms with van der Waals surface area (Å²) in [6.45, 7) is 3.85. The van der Waals surface area contributed by atoms with Crippen molar-refractivity contribution >= 4 is 5.69 Å². The van der Waals surface area contributed by atoms with Gasteiger partial charge >= 0.3 is 0 Å². The van der Waals surface area contributed by atoms with Crippen molar-refractivity contribution in [1.29, 1.82) is 0 Å². The van der Waals surface area contributed by atoms with Gasteiger partial charge in [-0.3, -0.25) is 0 Å². The molecule has 1 aromatic heterocycles. The molecular weight excluding hydrogens is 230 g/mol. The lowest BCUT2D eigenvalue weighted by Crippen LogP contribution is -2.43. The van der Waals surface area contributed by atoms with Crippen LogP contribution in [-0.2, 0) is 0 Å². The number of hydrogen-bond donors (Lipinski definition) is 2. The summed E-state index contributed by atoms with van der Waals surface area (Å²) >= 11 is 0. The Morgan fingerprint density at radius 1 is 1.17 bits per heavy atom. The zero-order valence-electron chi connectivity index (χ0n) is 9.97. The van der Waals surface area contributed by atoms with Crippen molar-refractivity contribution in [3.05, 3.63) is 30.5 Å². The summed E-state index contributed by atoms with van der Waals surface area (Å²) in [5, 5.41) is 16.5. The van der Waals surface area contributed by atoms with Crippen LogP contribution in [0.15, 0.2) is 35.0 Å². The van der Waals surface area contributed by atoms with Crippen LogP contribution >= 0.6 is 0 Å². The average Bonchev–Trinajstić information content (AvgIpc) is 2.90. The van der Waals surface area contributed by atoms with Crippen molar-refractivity contribution in [2.75, 3.05) is 31.1 Å². The molecule has 0 saturated carbocycles. The fourth-order valence-electron chi connectivity index (χ4n) is 2.18. The first kappa shape index (κ1) is 11.1. The van der Waals surface area contributed by atoms with Crippen LogP contribution in [0, 0.1) is 0 Å². The van der Waals surface area contributed by atoms with Gasteiger partial charge in [-0.1, -0.05) is 5.16 Å². The smallest absolute Gasteiger partial charge is 0.190 e. The number of nitrogens with one attached hydrogen (secondary N) is 1. The molecule has 1 saturated heterocycles. The predicted molar refractivity (Wildman–Crippen MR) is 68.7 cm³/mol. The van der Waals surface area contributed by atoms with Crippen molar-refractivity contribution in [3.63, 3.8) is 0 Å². The molecule has 0 unspecified atom stereocenters. The number of benzene rings is 1. The van der Waals surface area contributed by atoms with Gasteiger partial charge in [-0.2, -0.15) is 0 Å². The lowest BCUT2D eigenvalue weighted by molar-refractivity contribution is 0.432. The Kier molecular flexibility index (Phi) is 2.90. The van der Waals surface area contributed by atoms with E-state index in [0.29, 0.717) is 0 Å². The van der Waals surface area contributed by atoms with Crippen LogP contribution in [0.25, 0.3) is 11.3 Å². The normalized spacial score (nSPS) is 15.9. The molecule has 1 aliphatic heterocycles. The molecule has 3 rings (SSSR count). The third-order valence-corrected chi connectivity index (χ3v) is 3.14. The van der Waals surface area contributed by atoms with Crippen LogP contribution in [0.3, 0.4) is 0 Å². The molecule has 0 radical (unpaired) electrons. The van der Waals surface area contributed by atoms with E-state index in [1.54, 1.807) is 18.3 Å². The van der Waals surface area contributed by atoms with Crippen LogP contribution in [0.4, 0.5) is 5.69 Å². The molecule has 18 heavy (non-hydrogen) atoms. The van der Waals surface area contributed by atoms with E-state index in [-0.39, 0.29) is 5.75 Å². The van der Waals surface area contributed by atoms with Crippen LogP contribution < -0.4 is 10.2 Å². The number of piperazine rings is 1. The minimum Gasteiger partial charge on any atom is -0.508 e. The van der Waals surface area contributed by atoms with Gasteiger partial charge in [0.15, 0.2) is 5.76 Å². The Hall–Kier alpha value is -2.01. The molecule has 5 heteroatoms. The molecule has 1 fully saturated rings. The van der Waals surface area contributed by atoms with Crippen molar-refractivity contribution in [3.8, 4) is 17.1 Å². The van der Waals surface area contributed by atoms with E-state index in [1.165, 1.54) is 0 Å². The van der Waals surface area contributed by atoms with Crippen LogP contribution in [-0.4, -0.2) is 36.4 Å². The second-order valence-corrected chi connectivity index (χ2v) is 4.32. The van der Waals surface area contributed by atoms with Crippen molar-refractivity contribution in [2.24, 2.45) is 0 Å². The Morgan fingerprint density at radius 2 is 1.89 bits per heavy atom. The number of hydrogen-bond acceptors (Lipinski definition) is 5. The average molecular weight is 245 g/mol. The minimum absolute atomic E-state index is 0.252. The van der Waals surface area contributed by atoms with E-state index in [1.807, 2.05) is 12.1 Å². The fraction of sp³-hybridized carbons (Fsp3) is 0.308. The molecule has 2 heterocycles. The highest BCUT2D eigenvalue weighted by molar-refractivity contribution is 5.73. The number of anilines is 1. The number of aromatic hydroxyl groups is 1. The summed E-state index contributed by atoms with van der Waals surface area (Å²) in [6.07, 6.45) is 1.76. The number of nitrogens with zero attached hydrogens (tertiary/aromatic N) is 2. The Bertz CT molecular complexity index is 515. The Labute approximate surface area is 105 Å². The first-order valence-electron chi connectivity index (χ1n) is 6.04. The SMILES string of the molecule is Oc1ccc(-c2oncc2N2CCNCC2)cc1. The summed E-state index contributed by atoms with van der Waals surface area (Å²) < 4.78 is 5.35. The molecule has 0 amide bonds. The maximum atomic E-state index is 9.31. The zero-order chi connectivity index (χ0) is 12.4. The van der Waals surface area contributed by atoms with E-state index in [4.69, 9.17) is 4.52 Å². The van der Waals surface area contributed by atoms with Crippen LogP contribution in [0.5, 0.6) is 5.75 Å². The fourth-order valence-corrected chi connectivity index (χ4v) is 2.18. The van der Waals surface area contributed by atoms with Gasteiger partial charge in [-0.15, -0.1) is 0 Å². The first-order valence-corrected chi connectivity index (χ1v) is 6.04. The van der Waals surface area contributed by atoms with E-state index in [9.17, 15) is 5.11 Å². The molecule has 5 nitrogen and oxygen atoms in total. The van der Waals surface area contributed by atoms with E-state index >= 15 is 0 Å². The standard InChI is InChI=1S/C13H15N3O2/c17-11-3-1-10(2-4-11)13-12(9-15-18-13)16-7-5-14-6-8-16/h1-4,9,14,17H,5-8H2. The van der Waals surface area contributed by atoms with E-state index in [0.717, 1.165) is 43.2 Å². The van der Waals surface area contributed by atoms with Gasteiger partial charge in [-0.05, 0) is 24.3 Å². The monoisotopic (exact) mass is 245 g/mol. The number of rotatable bonds is 2. The molecule has 2 aromatic rings. The first-order chi connectivity index (χ1) is 8.84. The number of aromatic nitrogens is 1. The molecule has 2 N–H and O–H groups in total. The van der Waals surface area contributed by atoms with Gasteiger partial charge in [0, 0.05) is 31.7 Å². The van der Waals surface area contributed by atoms with E-state index < -0.39 is 0 Å². The van der Waals surface area contributed by atoms with Crippen LogP contribution in [0.1, 0.15) is 0 Å². The molecular formula is C13H15N3O2. The Morgan fingerprint density at radius 3 is 2.61 bits per heavy atom. The lowest BCUT2D eigenvalue weighted by atomic mass is 10.1. The molecule has 0 atom stereocenters. The highest BCUT2D eigenvalue weighted by Crippen LogP contribution is 2.31. The van der Waals surface area contributed by atoms with Crippen molar-refractivity contribution in [1.82, 2.24) is 10.5 Å². The molecule has 0 spiro atoms. The maximum absolute atomic E-state index is 9.31. The topological polar surface area (TPSA) is 61.5 Å². The van der Waals surface area contributed by atoms with Gasteiger partial charge in [0.25, 0.3) is 0 Å². The largest absolute Gasteiger partial charge is 0.508 e. The predicted octanol–water partition coefficient (Wildman–Crippen LogP) is 1.46. The van der Waals surface area contributed by atoms with Crippen molar-refractivity contribution in [2.45, 2.75) is 0 Å². The molecule has 1 aliphatic rings. The summed E-state index contributed by atoms with van der Waals surface area (Å²) in [6, 6.07) is 6.97. The highest BCUT2D eigenvalue weighted by atomic mass is 16.5. The van der Waals surface area contributed by atoms with Gasteiger partial charge in [-0.25, -0.2) is 0 Å². The number of phenols is 1. The second-order valence-electron chi connectivity index (χ2n) is 4.32. The molecule has 1 aromatic carbocycles. The van der Waals surface area contributed by atoms with Gasteiger partial charge < -0.3 is 19.8 Å². The number of phenolic OH excluding ortho intramolecular Hbond substituents is 1. The third kappa shape index (κ3) is 2.04. The summed E-state index contributed by atoms with van der Waals surface area (Å²) in [5.41, 5.74) is 1.95. The van der Waals surface area contributed by atoms with Gasteiger partial charge in [0.2, 0.25) is 0 Å². The van der Waals surface area contributed by atoms with Crippen LogP contribution in [0.2, 0.25) is 0 Å². The van der Waals surface area contributed by atoms with Crippen molar-refractivity contribution < 1.29 is 9.63 Å².